The van der Waals surface area contributed by atoms with Gasteiger partial charge in [-0.2, -0.15) is 0 Å². The molecule has 1 N–H and O–H groups in total. The van der Waals surface area contributed by atoms with Crippen LogP contribution in [0, 0.1) is 0 Å². The molecule has 0 radical (unpaired) electrons. The standard InChI is InChI=1S/C21H23ClN4O4S/c1-15(26(31(3,28)29)19-12-17(22)6-9-20(19)30-2)21(27)24-13-16-4-7-18(8-5-16)25-11-10-23-14-25/h4-12,14-15H,13H2,1-3H3,(H,24,27)/t15-/m0/s1. The smallest absolute Gasteiger partial charge is 0.243 e. The van der Waals surface area contributed by atoms with Gasteiger partial charge in [-0.25, -0.2) is 13.4 Å². The van der Waals surface area contributed by atoms with Crippen LogP contribution in [-0.2, 0) is 21.4 Å². The number of nitrogens with one attached hydrogen (secondary N) is 1. The van der Waals surface area contributed by atoms with Crippen LogP contribution in [-0.4, -0.2) is 43.3 Å². The van der Waals surface area contributed by atoms with Crippen LogP contribution < -0.4 is 14.4 Å². The number of benzene rings is 2. The number of carbonyl (C=O) groups is 1. The number of nitrogens with zero attached hydrogens (tertiary/aromatic N) is 3. The lowest BCUT2D eigenvalue weighted by molar-refractivity contribution is -0.122. The quantitative estimate of drug-likeness (QED) is 0.555. The minimum atomic E-state index is -3.80. The van der Waals surface area contributed by atoms with Crippen molar-refractivity contribution in [2.24, 2.45) is 0 Å². The lowest BCUT2D eigenvalue weighted by Crippen LogP contribution is -2.47. The number of carbonyl (C=O) groups excluding carboxylic acids is 1. The van der Waals surface area contributed by atoms with E-state index in [9.17, 15) is 13.2 Å². The van der Waals surface area contributed by atoms with Crippen LogP contribution in [0.2, 0.25) is 5.02 Å². The number of halogens is 1. The first-order valence-electron chi connectivity index (χ1n) is 9.38. The van der Waals surface area contributed by atoms with E-state index in [-0.39, 0.29) is 12.2 Å². The molecule has 0 bridgehead atoms. The second-order valence-corrected chi connectivity index (χ2v) is 9.20. The summed E-state index contributed by atoms with van der Waals surface area (Å²) in [5, 5.41) is 3.12. The predicted molar refractivity (Wildman–Crippen MR) is 120 cm³/mol. The number of amides is 1. The summed E-state index contributed by atoms with van der Waals surface area (Å²) in [7, 11) is -2.38. The highest BCUT2D eigenvalue weighted by Gasteiger charge is 2.31. The number of hydrogen-bond donors (Lipinski definition) is 1. The zero-order valence-corrected chi connectivity index (χ0v) is 18.9. The third kappa shape index (κ3) is 5.36. The zero-order valence-electron chi connectivity index (χ0n) is 17.3. The molecule has 0 aliphatic rings. The normalized spacial score (nSPS) is 12.3. The molecule has 10 heteroatoms. The lowest BCUT2D eigenvalue weighted by Gasteiger charge is -2.29. The molecule has 1 atom stereocenters. The molecule has 0 aliphatic carbocycles. The van der Waals surface area contributed by atoms with Gasteiger partial charge >= 0.3 is 0 Å². The van der Waals surface area contributed by atoms with Crippen molar-refractivity contribution in [2.75, 3.05) is 17.7 Å². The Labute approximate surface area is 186 Å². The van der Waals surface area contributed by atoms with Gasteiger partial charge in [-0.15, -0.1) is 0 Å². The van der Waals surface area contributed by atoms with Gasteiger partial charge in [0.05, 0.1) is 25.4 Å². The molecule has 164 valence electrons. The maximum absolute atomic E-state index is 12.8. The second-order valence-electron chi connectivity index (χ2n) is 6.91. The van der Waals surface area contributed by atoms with Gasteiger partial charge in [0.2, 0.25) is 15.9 Å². The van der Waals surface area contributed by atoms with E-state index in [2.05, 4.69) is 10.3 Å². The highest BCUT2D eigenvalue weighted by molar-refractivity contribution is 7.92. The number of imidazole rings is 1. The summed E-state index contributed by atoms with van der Waals surface area (Å²) >= 11 is 6.06. The van der Waals surface area contributed by atoms with E-state index in [4.69, 9.17) is 16.3 Å². The number of rotatable bonds is 8. The molecule has 2 aromatic carbocycles. The van der Waals surface area contributed by atoms with Crippen molar-refractivity contribution in [2.45, 2.75) is 19.5 Å². The molecule has 31 heavy (non-hydrogen) atoms. The van der Waals surface area contributed by atoms with Gasteiger partial charge in [0.15, 0.2) is 0 Å². The number of anilines is 1. The summed E-state index contributed by atoms with van der Waals surface area (Å²) < 4.78 is 33.2. The van der Waals surface area contributed by atoms with Crippen LogP contribution in [0.15, 0.2) is 61.2 Å². The third-order valence-corrected chi connectivity index (χ3v) is 6.14. The van der Waals surface area contributed by atoms with E-state index in [0.29, 0.717) is 10.8 Å². The van der Waals surface area contributed by atoms with Crippen molar-refractivity contribution in [1.29, 1.82) is 0 Å². The van der Waals surface area contributed by atoms with Gasteiger partial charge < -0.3 is 14.6 Å². The van der Waals surface area contributed by atoms with E-state index in [0.717, 1.165) is 21.8 Å². The van der Waals surface area contributed by atoms with E-state index in [1.807, 2.05) is 35.0 Å². The number of ether oxygens (including phenoxy) is 1. The molecular weight excluding hydrogens is 440 g/mol. The highest BCUT2D eigenvalue weighted by Crippen LogP contribution is 2.34. The lowest BCUT2D eigenvalue weighted by atomic mass is 10.2. The molecule has 1 aromatic heterocycles. The number of hydrogen-bond acceptors (Lipinski definition) is 5. The number of aromatic nitrogens is 2. The first kappa shape index (κ1) is 22.6. The molecule has 0 spiro atoms. The summed E-state index contributed by atoms with van der Waals surface area (Å²) in [6.45, 7) is 1.76. The molecule has 3 rings (SSSR count). The first-order chi connectivity index (χ1) is 14.7. The first-order valence-corrected chi connectivity index (χ1v) is 11.6. The summed E-state index contributed by atoms with van der Waals surface area (Å²) in [6, 6.07) is 11.2. The fraction of sp³-hybridized carbons (Fsp3) is 0.238. The third-order valence-electron chi connectivity index (χ3n) is 4.67. The van der Waals surface area contributed by atoms with Crippen LogP contribution >= 0.6 is 11.6 Å². The monoisotopic (exact) mass is 462 g/mol. The van der Waals surface area contributed by atoms with Gasteiger partial charge in [0.25, 0.3) is 0 Å². The van der Waals surface area contributed by atoms with Gasteiger partial charge in [-0.3, -0.25) is 9.10 Å². The van der Waals surface area contributed by atoms with Crippen LogP contribution in [0.25, 0.3) is 5.69 Å². The van der Waals surface area contributed by atoms with Crippen molar-refractivity contribution in [3.05, 3.63) is 71.8 Å². The molecule has 0 saturated heterocycles. The molecular formula is C21H23ClN4O4S. The Bertz CT molecular complexity index is 1150. The van der Waals surface area contributed by atoms with Crippen LogP contribution in [0.3, 0.4) is 0 Å². The topological polar surface area (TPSA) is 93.5 Å². The molecule has 0 aliphatic heterocycles. The summed E-state index contributed by atoms with van der Waals surface area (Å²) in [4.78, 5) is 16.8. The maximum Gasteiger partial charge on any atom is 0.243 e. The van der Waals surface area contributed by atoms with Crippen molar-refractivity contribution in [1.82, 2.24) is 14.9 Å². The molecule has 3 aromatic rings. The SMILES string of the molecule is COc1ccc(Cl)cc1N([C@@H](C)C(=O)NCc1ccc(-n2ccnc2)cc1)S(C)(=O)=O. The average molecular weight is 463 g/mol. The van der Waals surface area contributed by atoms with Crippen molar-refractivity contribution < 1.29 is 17.9 Å². The van der Waals surface area contributed by atoms with E-state index in [1.165, 1.54) is 20.1 Å². The Morgan fingerprint density at radius 3 is 2.55 bits per heavy atom. The Morgan fingerprint density at radius 2 is 1.97 bits per heavy atom. The molecule has 0 saturated carbocycles. The minimum Gasteiger partial charge on any atom is -0.495 e. The maximum atomic E-state index is 12.8. The molecule has 1 amide bonds. The summed E-state index contributed by atoms with van der Waals surface area (Å²) in [5.74, 6) is -0.157. The van der Waals surface area contributed by atoms with E-state index >= 15 is 0 Å². The summed E-state index contributed by atoms with van der Waals surface area (Å²) in [5.41, 5.74) is 2.01. The minimum absolute atomic E-state index is 0.199. The van der Waals surface area contributed by atoms with Crippen molar-refractivity contribution >= 4 is 33.2 Å². The van der Waals surface area contributed by atoms with Crippen LogP contribution in [0.1, 0.15) is 12.5 Å². The van der Waals surface area contributed by atoms with Gasteiger partial charge in [-0.05, 0) is 42.8 Å². The molecule has 0 unspecified atom stereocenters. The fourth-order valence-electron chi connectivity index (χ4n) is 3.15. The largest absolute Gasteiger partial charge is 0.495 e. The molecule has 8 nitrogen and oxygen atoms in total. The second kappa shape index (κ2) is 9.40. The predicted octanol–water partition coefficient (Wildman–Crippen LogP) is 3.01. The fourth-order valence-corrected chi connectivity index (χ4v) is 4.49. The van der Waals surface area contributed by atoms with Gasteiger partial charge in [0, 0.05) is 29.6 Å². The Hall–Kier alpha value is -3.04. The van der Waals surface area contributed by atoms with Crippen molar-refractivity contribution in [3.8, 4) is 11.4 Å². The Balaban J connectivity index is 1.76. The number of sulfonamides is 1. The Morgan fingerprint density at radius 1 is 1.26 bits per heavy atom. The Kier molecular flexibility index (Phi) is 6.87. The molecule has 1 heterocycles. The van der Waals surface area contributed by atoms with Gasteiger partial charge in [-0.1, -0.05) is 23.7 Å². The van der Waals surface area contributed by atoms with E-state index < -0.39 is 22.0 Å². The highest BCUT2D eigenvalue weighted by atomic mass is 35.5. The van der Waals surface area contributed by atoms with Gasteiger partial charge in [0.1, 0.15) is 11.8 Å². The number of methoxy groups -OCH3 is 1. The van der Waals surface area contributed by atoms with E-state index in [1.54, 1.807) is 24.7 Å². The molecule has 0 fully saturated rings. The van der Waals surface area contributed by atoms with Crippen LogP contribution in [0.4, 0.5) is 5.69 Å². The van der Waals surface area contributed by atoms with Crippen molar-refractivity contribution in [3.63, 3.8) is 0 Å². The average Bonchev–Trinajstić information content (AvgIpc) is 3.26. The zero-order chi connectivity index (χ0) is 22.6. The summed E-state index contributed by atoms with van der Waals surface area (Å²) in [6.07, 6.45) is 6.26. The van der Waals surface area contributed by atoms with Crippen LogP contribution in [0.5, 0.6) is 5.75 Å².